The SMILES string of the molecule is CC(C)(Oc1ccc(Cl)cc1)C(=O)N[C@@H]1CCN(c2ccccn2)C1. The molecule has 25 heavy (non-hydrogen) atoms. The predicted molar refractivity (Wildman–Crippen MR) is 99.2 cm³/mol. The third-order valence-electron chi connectivity index (χ3n) is 4.23. The van der Waals surface area contributed by atoms with E-state index in [1.807, 2.05) is 18.2 Å². The number of nitrogens with zero attached hydrogens (tertiary/aromatic N) is 2. The van der Waals surface area contributed by atoms with Crippen molar-refractivity contribution in [3.63, 3.8) is 0 Å². The third-order valence-corrected chi connectivity index (χ3v) is 4.48. The molecule has 0 bridgehead atoms. The maximum absolute atomic E-state index is 12.6. The number of pyridine rings is 1. The smallest absolute Gasteiger partial charge is 0.263 e. The summed E-state index contributed by atoms with van der Waals surface area (Å²) in [5.74, 6) is 1.43. The third kappa shape index (κ3) is 4.42. The highest BCUT2D eigenvalue weighted by Crippen LogP contribution is 2.22. The fourth-order valence-electron chi connectivity index (χ4n) is 2.83. The Morgan fingerprint density at radius 1 is 1.28 bits per heavy atom. The van der Waals surface area contributed by atoms with Gasteiger partial charge in [-0.3, -0.25) is 4.79 Å². The van der Waals surface area contributed by atoms with Crippen molar-refractivity contribution in [1.29, 1.82) is 0 Å². The Bertz CT molecular complexity index is 719. The van der Waals surface area contributed by atoms with Crippen LogP contribution in [-0.2, 0) is 4.79 Å². The Kier molecular flexibility index (Phi) is 5.13. The second kappa shape index (κ2) is 7.31. The summed E-state index contributed by atoms with van der Waals surface area (Å²) in [6, 6.07) is 12.9. The summed E-state index contributed by atoms with van der Waals surface area (Å²) in [5.41, 5.74) is -0.966. The van der Waals surface area contributed by atoms with Gasteiger partial charge in [0.1, 0.15) is 11.6 Å². The highest BCUT2D eigenvalue weighted by Gasteiger charge is 2.33. The second-order valence-corrected chi connectivity index (χ2v) is 7.10. The minimum Gasteiger partial charge on any atom is -0.478 e. The first-order valence-electron chi connectivity index (χ1n) is 8.35. The number of benzene rings is 1. The fraction of sp³-hybridized carbons (Fsp3) is 0.368. The van der Waals surface area contributed by atoms with Gasteiger partial charge in [0.2, 0.25) is 0 Å². The molecule has 3 rings (SSSR count). The molecule has 0 unspecified atom stereocenters. The number of nitrogens with one attached hydrogen (secondary N) is 1. The number of carbonyl (C=O) groups is 1. The number of hydrogen-bond donors (Lipinski definition) is 1. The van der Waals surface area contributed by atoms with Crippen LogP contribution >= 0.6 is 11.6 Å². The van der Waals surface area contributed by atoms with Crippen LogP contribution in [0.4, 0.5) is 5.82 Å². The highest BCUT2D eigenvalue weighted by molar-refractivity contribution is 6.30. The molecule has 0 aliphatic carbocycles. The Morgan fingerprint density at radius 2 is 2.04 bits per heavy atom. The molecule has 0 spiro atoms. The Balaban J connectivity index is 1.57. The summed E-state index contributed by atoms with van der Waals surface area (Å²) >= 11 is 5.88. The van der Waals surface area contributed by atoms with E-state index in [0.29, 0.717) is 10.8 Å². The van der Waals surface area contributed by atoms with Crippen LogP contribution in [-0.4, -0.2) is 35.6 Å². The van der Waals surface area contributed by atoms with Crippen LogP contribution in [0.1, 0.15) is 20.3 Å². The van der Waals surface area contributed by atoms with Crippen molar-refractivity contribution in [2.45, 2.75) is 31.9 Å². The Morgan fingerprint density at radius 3 is 2.72 bits per heavy atom. The molecule has 1 N–H and O–H groups in total. The molecule has 5 nitrogen and oxygen atoms in total. The number of aromatic nitrogens is 1. The minimum absolute atomic E-state index is 0.0857. The molecular formula is C19H22ClN3O2. The summed E-state index contributed by atoms with van der Waals surface area (Å²) in [6.45, 7) is 5.16. The highest BCUT2D eigenvalue weighted by atomic mass is 35.5. The van der Waals surface area contributed by atoms with Gasteiger partial charge >= 0.3 is 0 Å². The van der Waals surface area contributed by atoms with Gasteiger partial charge in [-0.2, -0.15) is 0 Å². The topological polar surface area (TPSA) is 54.5 Å². The van der Waals surface area contributed by atoms with E-state index < -0.39 is 5.60 Å². The summed E-state index contributed by atoms with van der Waals surface area (Å²) in [5, 5.41) is 3.73. The standard InChI is InChI=1S/C19H22ClN3O2/c1-19(2,25-16-8-6-14(20)7-9-16)18(24)22-15-10-12-23(13-15)17-5-3-4-11-21-17/h3-9,11,15H,10,12-13H2,1-2H3,(H,22,24)/t15-/m1/s1. The van der Waals surface area contributed by atoms with Crippen molar-refractivity contribution in [2.24, 2.45) is 0 Å². The molecule has 1 aliphatic heterocycles. The van der Waals surface area contributed by atoms with Crippen molar-refractivity contribution in [3.8, 4) is 5.75 Å². The van der Waals surface area contributed by atoms with Gasteiger partial charge in [0.15, 0.2) is 5.60 Å². The van der Waals surface area contributed by atoms with E-state index in [1.54, 1.807) is 44.3 Å². The predicted octanol–water partition coefficient (Wildman–Crippen LogP) is 3.29. The van der Waals surface area contributed by atoms with Gasteiger partial charge in [-0.05, 0) is 56.7 Å². The molecule has 1 aliphatic rings. The van der Waals surface area contributed by atoms with Crippen LogP contribution in [0.25, 0.3) is 0 Å². The van der Waals surface area contributed by atoms with E-state index in [0.717, 1.165) is 25.3 Å². The lowest BCUT2D eigenvalue weighted by molar-refractivity contribution is -0.134. The number of rotatable bonds is 5. The van der Waals surface area contributed by atoms with E-state index in [4.69, 9.17) is 16.3 Å². The molecule has 0 radical (unpaired) electrons. The van der Waals surface area contributed by atoms with Gasteiger partial charge in [0.25, 0.3) is 5.91 Å². The van der Waals surface area contributed by atoms with E-state index >= 15 is 0 Å². The Labute approximate surface area is 153 Å². The monoisotopic (exact) mass is 359 g/mol. The minimum atomic E-state index is -0.966. The largest absolute Gasteiger partial charge is 0.478 e. The first-order chi connectivity index (χ1) is 11.9. The molecule has 1 atom stereocenters. The molecule has 2 aromatic rings. The fourth-order valence-corrected chi connectivity index (χ4v) is 2.96. The molecule has 132 valence electrons. The molecular weight excluding hydrogens is 338 g/mol. The lowest BCUT2D eigenvalue weighted by Gasteiger charge is -2.27. The molecule has 1 aromatic heterocycles. The first-order valence-corrected chi connectivity index (χ1v) is 8.73. The van der Waals surface area contributed by atoms with Crippen LogP contribution in [0.2, 0.25) is 5.02 Å². The van der Waals surface area contributed by atoms with Crippen molar-refractivity contribution in [3.05, 3.63) is 53.7 Å². The molecule has 1 saturated heterocycles. The Hall–Kier alpha value is -2.27. The van der Waals surface area contributed by atoms with E-state index in [1.165, 1.54) is 0 Å². The number of carbonyl (C=O) groups excluding carboxylic acids is 1. The van der Waals surface area contributed by atoms with Gasteiger partial charge in [0, 0.05) is 30.4 Å². The average molecular weight is 360 g/mol. The van der Waals surface area contributed by atoms with Crippen LogP contribution in [0.5, 0.6) is 5.75 Å². The molecule has 1 aromatic carbocycles. The maximum atomic E-state index is 12.6. The van der Waals surface area contributed by atoms with Gasteiger partial charge in [-0.1, -0.05) is 17.7 Å². The molecule has 6 heteroatoms. The maximum Gasteiger partial charge on any atom is 0.263 e. The van der Waals surface area contributed by atoms with Crippen molar-refractivity contribution in [2.75, 3.05) is 18.0 Å². The van der Waals surface area contributed by atoms with E-state index in [-0.39, 0.29) is 11.9 Å². The molecule has 1 fully saturated rings. The van der Waals surface area contributed by atoms with E-state index in [9.17, 15) is 4.79 Å². The first kappa shape index (κ1) is 17.5. The summed E-state index contributed by atoms with van der Waals surface area (Å²) < 4.78 is 5.84. The van der Waals surface area contributed by atoms with Crippen molar-refractivity contribution >= 4 is 23.3 Å². The van der Waals surface area contributed by atoms with Gasteiger partial charge in [0.05, 0.1) is 0 Å². The summed E-state index contributed by atoms with van der Waals surface area (Å²) in [4.78, 5) is 19.2. The quantitative estimate of drug-likeness (QED) is 0.890. The summed E-state index contributed by atoms with van der Waals surface area (Å²) in [7, 11) is 0. The van der Waals surface area contributed by atoms with Crippen LogP contribution in [0.3, 0.4) is 0 Å². The van der Waals surface area contributed by atoms with Crippen molar-refractivity contribution < 1.29 is 9.53 Å². The van der Waals surface area contributed by atoms with Crippen LogP contribution in [0, 0.1) is 0 Å². The van der Waals surface area contributed by atoms with Crippen LogP contribution in [0.15, 0.2) is 48.7 Å². The average Bonchev–Trinajstić information content (AvgIpc) is 3.06. The number of hydrogen-bond acceptors (Lipinski definition) is 4. The normalized spacial score (nSPS) is 17.4. The zero-order valence-corrected chi connectivity index (χ0v) is 15.2. The molecule has 1 amide bonds. The molecule has 2 heterocycles. The molecule has 0 saturated carbocycles. The summed E-state index contributed by atoms with van der Waals surface area (Å²) in [6.07, 6.45) is 2.67. The second-order valence-electron chi connectivity index (χ2n) is 6.66. The number of anilines is 1. The lowest BCUT2D eigenvalue weighted by atomic mass is 10.1. The van der Waals surface area contributed by atoms with Crippen molar-refractivity contribution in [1.82, 2.24) is 10.3 Å². The van der Waals surface area contributed by atoms with Gasteiger partial charge in [-0.15, -0.1) is 0 Å². The zero-order chi connectivity index (χ0) is 17.9. The van der Waals surface area contributed by atoms with E-state index in [2.05, 4.69) is 15.2 Å². The number of ether oxygens (including phenoxy) is 1. The number of halogens is 1. The van der Waals surface area contributed by atoms with Gasteiger partial charge < -0.3 is 15.0 Å². The van der Waals surface area contributed by atoms with Crippen LogP contribution < -0.4 is 15.0 Å². The lowest BCUT2D eigenvalue weighted by Crippen LogP contribution is -2.50. The number of amides is 1. The van der Waals surface area contributed by atoms with Gasteiger partial charge in [-0.25, -0.2) is 4.98 Å². The zero-order valence-electron chi connectivity index (χ0n) is 14.4.